The average molecular weight is 307 g/mol. The molecule has 1 heterocycles. The van der Waals surface area contributed by atoms with Crippen molar-refractivity contribution < 1.29 is 9.53 Å². The molecule has 1 aromatic carbocycles. The number of nitrogens with two attached hydrogens (primary N) is 1. The van der Waals surface area contributed by atoms with Gasteiger partial charge < -0.3 is 15.4 Å². The highest BCUT2D eigenvalue weighted by molar-refractivity contribution is 6.30. The van der Waals surface area contributed by atoms with Gasteiger partial charge >= 0.3 is 0 Å². The number of rotatable bonds is 5. The molecule has 0 aliphatic rings. The average Bonchev–Trinajstić information content (AvgIpc) is 2.47. The number of methoxy groups -OCH3 is 1. The van der Waals surface area contributed by atoms with E-state index in [1.54, 1.807) is 25.4 Å². The van der Waals surface area contributed by atoms with Gasteiger partial charge in [-0.1, -0.05) is 11.6 Å². The lowest BCUT2D eigenvalue weighted by Gasteiger charge is -2.19. The van der Waals surface area contributed by atoms with E-state index < -0.39 is 5.91 Å². The van der Waals surface area contributed by atoms with Gasteiger partial charge in [-0.3, -0.25) is 9.78 Å². The molecule has 0 saturated carbocycles. The third-order valence-electron chi connectivity index (χ3n) is 2.92. The molecule has 0 atom stereocenters. The van der Waals surface area contributed by atoms with E-state index >= 15 is 0 Å². The summed E-state index contributed by atoms with van der Waals surface area (Å²) in [5.74, 6) is 0.650. The summed E-state index contributed by atoms with van der Waals surface area (Å²) in [5, 5.41) is 0.621. The second-order valence-corrected chi connectivity index (χ2v) is 4.88. The fourth-order valence-corrected chi connectivity index (χ4v) is 2.06. The number of hydrogen-bond acceptors (Lipinski definition) is 5. The van der Waals surface area contributed by atoms with Crippen molar-refractivity contribution in [2.24, 2.45) is 5.73 Å². The highest BCUT2D eigenvalue weighted by Crippen LogP contribution is 2.24. The van der Waals surface area contributed by atoms with Crippen LogP contribution in [-0.4, -0.2) is 30.0 Å². The molecule has 6 nitrogen and oxygen atoms in total. The zero-order valence-electron chi connectivity index (χ0n) is 11.7. The number of carbonyl (C=O) groups is 1. The lowest BCUT2D eigenvalue weighted by atomic mass is 10.2. The van der Waals surface area contributed by atoms with Crippen LogP contribution in [0.25, 0.3) is 0 Å². The van der Waals surface area contributed by atoms with Crippen LogP contribution >= 0.6 is 11.6 Å². The molecule has 0 saturated heterocycles. The first-order chi connectivity index (χ1) is 10.0. The molecule has 0 aliphatic carbocycles. The molecule has 0 radical (unpaired) electrons. The molecule has 0 unspecified atom stereocenters. The molecule has 0 aliphatic heterocycles. The first kappa shape index (κ1) is 15.1. The number of amides is 1. The number of ether oxygens (including phenoxy) is 1. The summed E-state index contributed by atoms with van der Waals surface area (Å²) in [4.78, 5) is 21.1. The Balaban J connectivity index is 2.25. The number of aromatic nitrogens is 2. The van der Waals surface area contributed by atoms with Crippen molar-refractivity contribution in [3.8, 4) is 5.75 Å². The molecular formula is C14H15ClN4O2. The van der Waals surface area contributed by atoms with Crippen molar-refractivity contribution in [1.29, 1.82) is 0 Å². The first-order valence-corrected chi connectivity index (χ1v) is 6.54. The molecule has 110 valence electrons. The number of benzene rings is 1. The summed E-state index contributed by atoms with van der Waals surface area (Å²) in [6.45, 7) is 0.501. The molecule has 2 rings (SSSR count). The number of hydrogen-bond donors (Lipinski definition) is 1. The van der Waals surface area contributed by atoms with Crippen LogP contribution in [0.4, 0.5) is 5.82 Å². The highest BCUT2D eigenvalue weighted by atomic mass is 35.5. The quantitative estimate of drug-likeness (QED) is 0.912. The van der Waals surface area contributed by atoms with Gasteiger partial charge in [-0.2, -0.15) is 0 Å². The number of anilines is 1. The van der Waals surface area contributed by atoms with Crippen LogP contribution in [0.5, 0.6) is 5.75 Å². The minimum atomic E-state index is -0.613. The third kappa shape index (κ3) is 3.61. The van der Waals surface area contributed by atoms with E-state index in [0.29, 0.717) is 17.4 Å². The van der Waals surface area contributed by atoms with Gasteiger partial charge in [0.15, 0.2) is 0 Å². The maximum absolute atomic E-state index is 11.1. The Hall–Kier alpha value is -2.34. The minimum Gasteiger partial charge on any atom is -0.496 e. The normalized spacial score (nSPS) is 10.2. The van der Waals surface area contributed by atoms with Gasteiger partial charge in [-0.25, -0.2) is 4.98 Å². The molecule has 0 bridgehead atoms. The van der Waals surface area contributed by atoms with E-state index in [9.17, 15) is 4.79 Å². The Bertz CT molecular complexity index is 663. The maximum atomic E-state index is 11.1. The van der Waals surface area contributed by atoms with Crippen LogP contribution in [0.3, 0.4) is 0 Å². The molecule has 0 fully saturated rings. The fourth-order valence-electron chi connectivity index (χ4n) is 1.87. The fraction of sp³-hybridized carbons (Fsp3) is 0.214. The minimum absolute atomic E-state index is 0.123. The predicted molar refractivity (Wildman–Crippen MR) is 80.7 cm³/mol. The third-order valence-corrected chi connectivity index (χ3v) is 3.15. The van der Waals surface area contributed by atoms with Gasteiger partial charge in [-0.05, 0) is 18.2 Å². The summed E-state index contributed by atoms with van der Waals surface area (Å²) >= 11 is 6.01. The number of primary amides is 1. The lowest BCUT2D eigenvalue weighted by Crippen LogP contribution is -2.21. The zero-order chi connectivity index (χ0) is 15.4. The summed E-state index contributed by atoms with van der Waals surface area (Å²) in [6, 6.07) is 5.39. The van der Waals surface area contributed by atoms with E-state index in [2.05, 4.69) is 9.97 Å². The standard InChI is InChI=1S/C14H15ClN4O2/c1-19(13-7-17-6-11(18-13)14(16)20)8-9-5-10(15)3-4-12(9)21-2/h3-7H,8H2,1-2H3,(H2,16,20). The smallest absolute Gasteiger partial charge is 0.268 e. The van der Waals surface area contributed by atoms with Crippen molar-refractivity contribution in [3.63, 3.8) is 0 Å². The SMILES string of the molecule is COc1ccc(Cl)cc1CN(C)c1cncc(C(N)=O)n1. The second-order valence-electron chi connectivity index (χ2n) is 4.44. The zero-order valence-corrected chi connectivity index (χ0v) is 12.5. The lowest BCUT2D eigenvalue weighted by molar-refractivity contribution is 0.0995. The Morgan fingerprint density at radius 1 is 1.43 bits per heavy atom. The Morgan fingerprint density at radius 3 is 2.86 bits per heavy atom. The Kier molecular flexibility index (Phi) is 4.59. The summed E-state index contributed by atoms with van der Waals surface area (Å²) in [6.07, 6.45) is 2.89. The highest BCUT2D eigenvalue weighted by Gasteiger charge is 2.11. The summed E-state index contributed by atoms with van der Waals surface area (Å²) in [7, 11) is 3.43. The second kappa shape index (κ2) is 6.41. The number of carbonyl (C=O) groups excluding carboxylic acids is 1. The van der Waals surface area contributed by atoms with Crippen LogP contribution in [-0.2, 0) is 6.54 Å². The molecule has 7 heteroatoms. The van der Waals surface area contributed by atoms with Gasteiger partial charge in [0.2, 0.25) is 0 Å². The van der Waals surface area contributed by atoms with Gasteiger partial charge in [0, 0.05) is 24.2 Å². The largest absolute Gasteiger partial charge is 0.496 e. The summed E-state index contributed by atoms with van der Waals surface area (Å²) in [5.41, 5.74) is 6.23. The van der Waals surface area contributed by atoms with Gasteiger partial charge in [-0.15, -0.1) is 0 Å². The van der Waals surface area contributed by atoms with Crippen LogP contribution in [0.2, 0.25) is 5.02 Å². The molecule has 0 spiro atoms. The molecule has 21 heavy (non-hydrogen) atoms. The van der Waals surface area contributed by atoms with Gasteiger partial charge in [0.25, 0.3) is 5.91 Å². The maximum Gasteiger partial charge on any atom is 0.268 e. The number of nitrogens with zero attached hydrogens (tertiary/aromatic N) is 3. The predicted octanol–water partition coefficient (Wildman–Crippen LogP) is 1.87. The monoisotopic (exact) mass is 306 g/mol. The Labute approximate surface area is 127 Å². The van der Waals surface area contributed by atoms with Crippen molar-refractivity contribution >= 4 is 23.3 Å². The number of halogens is 1. The topological polar surface area (TPSA) is 81.3 Å². The summed E-state index contributed by atoms with van der Waals surface area (Å²) < 4.78 is 5.30. The Morgan fingerprint density at radius 2 is 2.19 bits per heavy atom. The van der Waals surface area contributed by atoms with Crippen molar-refractivity contribution in [2.75, 3.05) is 19.1 Å². The van der Waals surface area contributed by atoms with E-state index in [4.69, 9.17) is 22.1 Å². The van der Waals surface area contributed by atoms with Crippen LogP contribution < -0.4 is 15.4 Å². The van der Waals surface area contributed by atoms with E-state index in [0.717, 1.165) is 11.3 Å². The first-order valence-electron chi connectivity index (χ1n) is 6.16. The van der Waals surface area contributed by atoms with Gasteiger partial charge in [0.05, 0.1) is 19.5 Å². The van der Waals surface area contributed by atoms with Crippen LogP contribution in [0.1, 0.15) is 16.1 Å². The molecule has 1 amide bonds. The molecular weight excluding hydrogens is 292 g/mol. The van der Waals surface area contributed by atoms with E-state index in [-0.39, 0.29) is 5.69 Å². The molecule has 1 aromatic heterocycles. The van der Waals surface area contributed by atoms with Gasteiger partial charge in [0.1, 0.15) is 17.3 Å². The van der Waals surface area contributed by atoms with Crippen LogP contribution in [0.15, 0.2) is 30.6 Å². The van der Waals surface area contributed by atoms with Crippen LogP contribution in [0, 0.1) is 0 Å². The van der Waals surface area contributed by atoms with Crippen molar-refractivity contribution in [1.82, 2.24) is 9.97 Å². The van der Waals surface area contributed by atoms with Crippen molar-refractivity contribution in [3.05, 3.63) is 46.9 Å². The van der Waals surface area contributed by atoms with E-state index in [1.807, 2.05) is 18.0 Å². The van der Waals surface area contributed by atoms with E-state index in [1.165, 1.54) is 6.20 Å². The van der Waals surface area contributed by atoms with Crippen molar-refractivity contribution in [2.45, 2.75) is 6.54 Å². The molecule has 2 N–H and O–H groups in total. The molecule has 2 aromatic rings.